The minimum Gasteiger partial charge on any atom is -0.456 e. The molecule has 1 heterocycles. The molecule has 0 radical (unpaired) electrons. The first-order chi connectivity index (χ1) is 27.7. The van der Waals surface area contributed by atoms with Gasteiger partial charge in [-0.3, -0.25) is 0 Å². The minimum atomic E-state index is 0.916. The molecule has 0 N–H and O–H groups in total. The summed E-state index contributed by atoms with van der Waals surface area (Å²) in [5.74, 6) is 0. The second-order valence-corrected chi connectivity index (χ2v) is 14.5. The second kappa shape index (κ2) is 13.2. The van der Waals surface area contributed by atoms with Crippen LogP contribution in [0.1, 0.15) is 0 Å². The summed E-state index contributed by atoms with van der Waals surface area (Å²) >= 11 is 0. The van der Waals surface area contributed by atoms with Crippen LogP contribution in [0.4, 0.5) is 17.1 Å². The molecule has 0 atom stereocenters. The summed E-state index contributed by atoms with van der Waals surface area (Å²) in [5, 5.41) is 9.57. The van der Waals surface area contributed by atoms with Crippen molar-refractivity contribution in [3.05, 3.63) is 212 Å². The Balaban J connectivity index is 1.07. The third-order valence-electron chi connectivity index (χ3n) is 11.2. The molecule has 11 rings (SSSR count). The molecule has 262 valence electrons. The second-order valence-electron chi connectivity index (χ2n) is 14.5. The van der Waals surface area contributed by atoms with Gasteiger partial charge in [0.1, 0.15) is 11.2 Å². The first-order valence-electron chi connectivity index (χ1n) is 19.2. The van der Waals surface area contributed by atoms with Crippen LogP contribution in [0.25, 0.3) is 87.6 Å². The van der Waals surface area contributed by atoms with Crippen molar-refractivity contribution in [2.45, 2.75) is 0 Å². The molecule has 2 heteroatoms. The average molecular weight is 714 g/mol. The molecule has 0 bridgehead atoms. The summed E-state index contributed by atoms with van der Waals surface area (Å²) in [4.78, 5) is 2.41. The molecular formula is C54H35NO. The Kier molecular flexibility index (Phi) is 7.53. The fraction of sp³-hybridized carbons (Fsp3) is 0. The number of hydrogen-bond acceptors (Lipinski definition) is 2. The number of fused-ring (bicyclic) bond motifs is 7. The highest BCUT2D eigenvalue weighted by Gasteiger charge is 2.19. The number of rotatable bonds is 6. The van der Waals surface area contributed by atoms with Gasteiger partial charge < -0.3 is 9.32 Å². The van der Waals surface area contributed by atoms with E-state index in [2.05, 4.69) is 205 Å². The molecule has 0 spiro atoms. The zero-order valence-electron chi connectivity index (χ0n) is 30.6. The maximum absolute atomic E-state index is 6.25. The first kappa shape index (κ1) is 32.0. The molecule has 0 unspecified atom stereocenters. The summed E-state index contributed by atoms with van der Waals surface area (Å²) in [6, 6.07) is 76.6. The van der Waals surface area contributed by atoms with Crippen LogP contribution in [0.5, 0.6) is 0 Å². The molecule has 11 aromatic rings. The van der Waals surface area contributed by atoms with Crippen LogP contribution in [-0.2, 0) is 0 Å². The largest absolute Gasteiger partial charge is 0.456 e. The first-order valence-corrected chi connectivity index (χ1v) is 19.2. The number of benzene rings is 10. The van der Waals surface area contributed by atoms with Gasteiger partial charge in [-0.15, -0.1) is 0 Å². The number of nitrogens with zero attached hydrogens (tertiary/aromatic N) is 1. The molecule has 0 aliphatic heterocycles. The fourth-order valence-electron chi connectivity index (χ4n) is 8.49. The van der Waals surface area contributed by atoms with E-state index in [4.69, 9.17) is 4.42 Å². The maximum atomic E-state index is 6.25. The van der Waals surface area contributed by atoms with Gasteiger partial charge in [-0.05, 0) is 115 Å². The van der Waals surface area contributed by atoms with Crippen LogP contribution in [0.2, 0.25) is 0 Å². The van der Waals surface area contributed by atoms with Crippen LogP contribution >= 0.6 is 0 Å². The van der Waals surface area contributed by atoms with Crippen molar-refractivity contribution in [2.75, 3.05) is 4.90 Å². The van der Waals surface area contributed by atoms with E-state index in [0.29, 0.717) is 0 Å². The van der Waals surface area contributed by atoms with E-state index in [1.165, 1.54) is 71.1 Å². The van der Waals surface area contributed by atoms with Crippen LogP contribution < -0.4 is 4.90 Å². The van der Waals surface area contributed by atoms with Crippen LogP contribution in [-0.4, -0.2) is 0 Å². The van der Waals surface area contributed by atoms with Crippen LogP contribution in [0, 0.1) is 0 Å². The Morgan fingerprint density at radius 2 is 0.911 bits per heavy atom. The summed E-state index contributed by atoms with van der Waals surface area (Å²) in [7, 11) is 0. The average Bonchev–Trinajstić information content (AvgIpc) is 3.66. The van der Waals surface area contributed by atoms with E-state index in [1.54, 1.807) is 0 Å². The molecule has 10 aromatic carbocycles. The molecule has 0 saturated heterocycles. The topological polar surface area (TPSA) is 16.4 Å². The van der Waals surface area contributed by atoms with Crippen molar-refractivity contribution in [1.82, 2.24) is 0 Å². The molecule has 1 aromatic heterocycles. The van der Waals surface area contributed by atoms with Gasteiger partial charge in [0.05, 0.1) is 5.69 Å². The third kappa shape index (κ3) is 5.42. The predicted octanol–water partition coefficient (Wildman–Crippen LogP) is 15.5. The highest BCUT2D eigenvalue weighted by molar-refractivity contribution is 6.19. The van der Waals surface area contributed by atoms with Gasteiger partial charge in [0.2, 0.25) is 0 Å². The summed E-state index contributed by atoms with van der Waals surface area (Å²) in [6.45, 7) is 0. The minimum absolute atomic E-state index is 0.916. The summed E-state index contributed by atoms with van der Waals surface area (Å²) in [5.41, 5.74) is 12.3. The van der Waals surface area contributed by atoms with Gasteiger partial charge >= 0.3 is 0 Å². The van der Waals surface area contributed by atoms with E-state index >= 15 is 0 Å². The lowest BCUT2D eigenvalue weighted by molar-refractivity contribution is 0.669. The van der Waals surface area contributed by atoms with E-state index in [1.807, 2.05) is 12.1 Å². The van der Waals surface area contributed by atoms with E-state index < -0.39 is 0 Å². The van der Waals surface area contributed by atoms with Crippen molar-refractivity contribution >= 4 is 71.3 Å². The number of anilines is 3. The van der Waals surface area contributed by atoms with Crippen molar-refractivity contribution in [3.63, 3.8) is 0 Å². The van der Waals surface area contributed by atoms with Gasteiger partial charge in [-0.2, -0.15) is 0 Å². The molecule has 0 saturated carbocycles. The lowest BCUT2D eigenvalue weighted by atomic mass is 9.95. The molecule has 0 fully saturated rings. The smallest absolute Gasteiger partial charge is 0.136 e. The van der Waals surface area contributed by atoms with E-state index in [9.17, 15) is 0 Å². The lowest BCUT2D eigenvalue weighted by Crippen LogP contribution is -2.11. The van der Waals surface area contributed by atoms with Crippen molar-refractivity contribution in [1.29, 1.82) is 0 Å². The maximum Gasteiger partial charge on any atom is 0.136 e. The standard InChI is InChI=1S/C54H35NO/c1-2-11-36(12-3-1)37-25-29-44(30-26-37)55(51-19-8-6-16-48(51)47-18-10-14-39-13-4-5-15-46(39)47)45-31-27-38-21-23-41(33-43(38)34-45)42-24-22-40-28-32-53-54(50(40)35-42)49-17-7-9-20-52(49)56-53/h1-35H. The van der Waals surface area contributed by atoms with Crippen LogP contribution in [0.15, 0.2) is 217 Å². The van der Waals surface area contributed by atoms with Gasteiger partial charge in [-0.25, -0.2) is 0 Å². The quantitative estimate of drug-likeness (QED) is 0.171. The van der Waals surface area contributed by atoms with Gasteiger partial charge in [0.25, 0.3) is 0 Å². The van der Waals surface area contributed by atoms with E-state index in [-0.39, 0.29) is 0 Å². The molecule has 56 heavy (non-hydrogen) atoms. The summed E-state index contributed by atoms with van der Waals surface area (Å²) < 4.78 is 6.25. The predicted molar refractivity (Wildman–Crippen MR) is 237 cm³/mol. The van der Waals surface area contributed by atoms with Crippen molar-refractivity contribution in [3.8, 4) is 33.4 Å². The van der Waals surface area contributed by atoms with Crippen LogP contribution in [0.3, 0.4) is 0 Å². The molecule has 0 aliphatic rings. The Morgan fingerprint density at radius 3 is 1.80 bits per heavy atom. The zero-order chi connectivity index (χ0) is 37.0. The Hall–Kier alpha value is -7.42. The Labute approximate surface area is 325 Å². The number of para-hydroxylation sites is 2. The third-order valence-corrected chi connectivity index (χ3v) is 11.2. The van der Waals surface area contributed by atoms with Gasteiger partial charge in [0.15, 0.2) is 0 Å². The van der Waals surface area contributed by atoms with E-state index in [0.717, 1.165) is 33.6 Å². The van der Waals surface area contributed by atoms with Gasteiger partial charge in [0, 0.05) is 27.7 Å². The van der Waals surface area contributed by atoms with Gasteiger partial charge in [-0.1, -0.05) is 158 Å². The Morgan fingerprint density at radius 1 is 0.304 bits per heavy atom. The SMILES string of the molecule is c1ccc(-c2ccc(N(c3ccc4ccc(-c5ccc6ccc7oc8ccccc8c7c6c5)cc4c3)c3ccccc3-c3cccc4ccccc34)cc2)cc1. The number of hydrogen-bond donors (Lipinski definition) is 0. The fourth-order valence-corrected chi connectivity index (χ4v) is 8.49. The molecule has 0 amide bonds. The monoisotopic (exact) mass is 713 g/mol. The number of furan rings is 1. The Bertz CT molecular complexity index is 3240. The van der Waals surface area contributed by atoms with Crippen molar-refractivity contribution < 1.29 is 4.42 Å². The normalized spacial score (nSPS) is 11.6. The van der Waals surface area contributed by atoms with Crippen molar-refractivity contribution in [2.24, 2.45) is 0 Å². The highest BCUT2D eigenvalue weighted by Crippen LogP contribution is 2.44. The molecular weight excluding hydrogens is 679 g/mol. The summed E-state index contributed by atoms with van der Waals surface area (Å²) in [6.07, 6.45) is 0. The molecule has 2 nitrogen and oxygen atoms in total. The highest BCUT2D eigenvalue weighted by atomic mass is 16.3. The molecule has 0 aliphatic carbocycles. The zero-order valence-corrected chi connectivity index (χ0v) is 30.6. The lowest BCUT2D eigenvalue weighted by Gasteiger charge is -2.28.